The molecule has 1 fully saturated rings. The van der Waals surface area contributed by atoms with Crippen molar-refractivity contribution in [2.45, 2.75) is 33.0 Å². The summed E-state index contributed by atoms with van der Waals surface area (Å²) in [4.78, 5) is 9.32. The lowest BCUT2D eigenvalue weighted by Crippen LogP contribution is -2.36. The molecule has 3 rings (SSSR count). The summed E-state index contributed by atoms with van der Waals surface area (Å²) < 4.78 is 5.49. The number of nitrogens with one attached hydrogen (secondary N) is 2. The molecule has 2 aromatic rings. The molecule has 1 saturated heterocycles. The largest absolute Gasteiger partial charge is 0.496 e. The minimum absolute atomic E-state index is 0. The van der Waals surface area contributed by atoms with Gasteiger partial charge in [-0.3, -0.25) is 9.89 Å². The number of aryl methyl sites for hydroxylation is 1. The molecular formula is C25H38IN5O. The van der Waals surface area contributed by atoms with Crippen molar-refractivity contribution in [3.05, 3.63) is 64.7 Å². The van der Waals surface area contributed by atoms with Crippen molar-refractivity contribution in [2.24, 2.45) is 4.99 Å². The van der Waals surface area contributed by atoms with Crippen molar-refractivity contribution >= 4 is 29.9 Å². The van der Waals surface area contributed by atoms with Gasteiger partial charge in [-0.2, -0.15) is 0 Å². The second kappa shape index (κ2) is 13.6. The summed E-state index contributed by atoms with van der Waals surface area (Å²) in [6.07, 6.45) is 1.25. The van der Waals surface area contributed by atoms with E-state index in [2.05, 4.69) is 81.9 Å². The van der Waals surface area contributed by atoms with Gasteiger partial charge < -0.3 is 20.3 Å². The van der Waals surface area contributed by atoms with Crippen LogP contribution in [0.25, 0.3) is 0 Å². The number of methoxy groups -OCH3 is 1. The van der Waals surface area contributed by atoms with Crippen LogP contribution in [0.4, 0.5) is 0 Å². The molecule has 1 aliphatic heterocycles. The van der Waals surface area contributed by atoms with E-state index in [0.29, 0.717) is 6.54 Å². The highest BCUT2D eigenvalue weighted by Gasteiger charge is 2.12. The average Bonchev–Trinajstić information content (AvgIpc) is 2.99. The van der Waals surface area contributed by atoms with Crippen LogP contribution in [0.3, 0.4) is 0 Å². The fourth-order valence-electron chi connectivity index (χ4n) is 3.86. The zero-order valence-corrected chi connectivity index (χ0v) is 22.2. The average molecular weight is 552 g/mol. The van der Waals surface area contributed by atoms with Crippen molar-refractivity contribution in [3.8, 4) is 5.75 Å². The number of guanidine groups is 1. The van der Waals surface area contributed by atoms with Crippen LogP contribution < -0.4 is 15.4 Å². The van der Waals surface area contributed by atoms with Crippen LogP contribution in [-0.4, -0.2) is 63.1 Å². The fourth-order valence-corrected chi connectivity index (χ4v) is 3.86. The predicted molar refractivity (Wildman–Crippen MR) is 144 cm³/mol. The van der Waals surface area contributed by atoms with E-state index in [1.807, 2.05) is 0 Å². The first-order valence-corrected chi connectivity index (χ1v) is 11.1. The van der Waals surface area contributed by atoms with E-state index in [-0.39, 0.29) is 24.0 Å². The molecular weight excluding hydrogens is 513 g/mol. The van der Waals surface area contributed by atoms with Crippen molar-refractivity contribution in [1.82, 2.24) is 20.4 Å². The van der Waals surface area contributed by atoms with Crippen molar-refractivity contribution in [2.75, 3.05) is 47.4 Å². The van der Waals surface area contributed by atoms with Gasteiger partial charge in [-0.15, -0.1) is 24.0 Å². The Labute approximate surface area is 210 Å². The first-order chi connectivity index (χ1) is 15.1. The van der Waals surface area contributed by atoms with Crippen LogP contribution in [0.15, 0.2) is 47.5 Å². The standard InChI is InChI=1S/C25H37N5O.HI/c1-20-6-11-23(24(16-20)31-4)18-28-25(26-2)27-17-21-7-9-22(10-8-21)19-30-13-5-12-29(3)14-15-30;/h6-11,16H,5,12-15,17-19H2,1-4H3,(H2,26,27,28);1H. The number of rotatable bonds is 7. The predicted octanol–water partition coefficient (Wildman–Crippen LogP) is 3.62. The first kappa shape index (κ1) is 26.4. The lowest BCUT2D eigenvalue weighted by Gasteiger charge is -2.20. The van der Waals surface area contributed by atoms with Gasteiger partial charge in [0.15, 0.2) is 5.96 Å². The molecule has 0 unspecified atom stereocenters. The molecule has 2 N–H and O–H groups in total. The Balaban J connectivity index is 0.00000363. The summed E-state index contributed by atoms with van der Waals surface area (Å²) in [6, 6.07) is 15.2. The second-order valence-corrected chi connectivity index (χ2v) is 8.34. The van der Waals surface area contributed by atoms with E-state index in [0.717, 1.165) is 43.5 Å². The molecule has 0 amide bonds. The van der Waals surface area contributed by atoms with Gasteiger partial charge in [-0.25, -0.2) is 0 Å². The monoisotopic (exact) mass is 551 g/mol. The van der Waals surface area contributed by atoms with Crippen molar-refractivity contribution in [1.29, 1.82) is 0 Å². The van der Waals surface area contributed by atoms with E-state index in [1.54, 1.807) is 14.2 Å². The van der Waals surface area contributed by atoms with E-state index in [4.69, 9.17) is 4.74 Å². The minimum Gasteiger partial charge on any atom is -0.496 e. The summed E-state index contributed by atoms with van der Waals surface area (Å²) >= 11 is 0. The lowest BCUT2D eigenvalue weighted by molar-refractivity contribution is 0.269. The third kappa shape index (κ3) is 8.26. The van der Waals surface area contributed by atoms with Crippen LogP contribution in [0.1, 0.15) is 28.7 Å². The molecule has 6 nitrogen and oxygen atoms in total. The van der Waals surface area contributed by atoms with Gasteiger partial charge in [0.1, 0.15) is 5.75 Å². The van der Waals surface area contributed by atoms with Crippen molar-refractivity contribution in [3.63, 3.8) is 0 Å². The number of ether oxygens (including phenoxy) is 1. The maximum atomic E-state index is 5.49. The molecule has 1 heterocycles. The van der Waals surface area contributed by atoms with Gasteiger partial charge in [-0.05, 0) is 56.2 Å². The van der Waals surface area contributed by atoms with E-state index >= 15 is 0 Å². The van der Waals surface area contributed by atoms with Crippen molar-refractivity contribution < 1.29 is 4.74 Å². The van der Waals surface area contributed by atoms with Gasteiger partial charge in [-0.1, -0.05) is 36.4 Å². The number of halogens is 1. The SMILES string of the molecule is CN=C(NCc1ccc(CN2CCCN(C)CC2)cc1)NCc1ccc(C)cc1OC.I. The Kier molecular flexibility index (Phi) is 11.3. The zero-order chi connectivity index (χ0) is 22.1. The van der Waals surface area contributed by atoms with Gasteiger partial charge in [0.25, 0.3) is 0 Å². The molecule has 0 aliphatic carbocycles. The van der Waals surface area contributed by atoms with Gasteiger partial charge in [0, 0.05) is 45.3 Å². The quantitative estimate of drug-likeness (QED) is 0.313. The highest BCUT2D eigenvalue weighted by Crippen LogP contribution is 2.19. The second-order valence-electron chi connectivity index (χ2n) is 8.34. The summed E-state index contributed by atoms with van der Waals surface area (Å²) in [5.74, 6) is 1.68. The number of benzene rings is 2. The highest BCUT2D eigenvalue weighted by atomic mass is 127. The first-order valence-electron chi connectivity index (χ1n) is 11.1. The molecule has 0 atom stereocenters. The Morgan fingerprint density at radius 2 is 1.69 bits per heavy atom. The Morgan fingerprint density at radius 3 is 2.41 bits per heavy atom. The number of nitrogens with zero attached hydrogens (tertiary/aromatic N) is 3. The molecule has 176 valence electrons. The smallest absolute Gasteiger partial charge is 0.191 e. The van der Waals surface area contributed by atoms with Crippen LogP contribution in [-0.2, 0) is 19.6 Å². The fraction of sp³-hybridized carbons (Fsp3) is 0.480. The highest BCUT2D eigenvalue weighted by molar-refractivity contribution is 14.0. The van der Waals surface area contributed by atoms with E-state index in [1.165, 1.54) is 36.2 Å². The van der Waals surface area contributed by atoms with Crippen LogP contribution >= 0.6 is 24.0 Å². The van der Waals surface area contributed by atoms with E-state index < -0.39 is 0 Å². The number of hydrogen-bond acceptors (Lipinski definition) is 4. The lowest BCUT2D eigenvalue weighted by atomic mass is 10.1. The summed E-state index contributed by atoms with van der Waals surface area (Å²) in [5.41, 5.74) is 4.92. The summed E-state index contributed by atoms with van der Waals surface area (Å²) in [7, 11) is 5.72. The molecule has 7 heteroatoms. The molecule has 0 saturated carbocycles. The van der Waals surface area contributed by atoms with Crippen LogP contribution in [0.5, 0.6) is 5.75 Å². The Bertz CT molecular complexity index is 856. The number of aliphatic imine (C=N–C) groups is 1. The van der Waals surface area contributed by atoms with Gasteiger partial charge in [0.05, 0.1) is 7.11 Å². The minimum atomic E-state index is 0. The van der Waals surface area contributed by atoms with Crippen LogP contribution in [0, 0.1) is 6.92 Å². The maximum Gasteiger partial charge on any atom is 0.191 e. The zero-order valence-electron chi connectivity index (χ0n) is 19.9. The Hall–Kier alpha value is -1.84. The third-order valence-corrected chi connectivity index (χ3v) is 5.81. The normalized spacial score (nSPS) is 15.6. The maximum absolute atomic E-state index is 5.49. The van der Waals surface area contributed by atoms with Gasteiger partial charge >= 0.3 is 0 Å². The number of likely N-dealkylation sites (N-methyl/N-ethyl adjacent to an activating group) is 1. The third-order valence-electron chi connectivity index (χ3n) is 5.81. The molecule has 2 aromatic carbocycles. The van der Waals surface area contributed by atoms with Gasteiger partial charge in [0.2, 0.25) is 0 Å². The molecule has 0 bridgehead atoms. The molecule has 0 radical (unpaired) electrons. The molecule has 1 aliphatic rings. The molecule has 32 heavy (non-hydrogen) atoms. The molecule has 0 spiro atoms. The van der Waals surface area contributed by atoms with E-state index in [9.17, 15) is 0 Å². The molecule has 0 aromatic heterocycles. The topological polar surface area (TPSA) is 52.1 Å². The summed E-state index contributed by atoms with van der Waals surface area (Å²) in [5, 5.41) is 6.77. The summed E-state index contributed by atoms with van der Waals surface area (Å²) in [6.45, 7) is 9.18. The number of hydrogen-bond donors (Lipinski definition) is 2. The Morgan fingerprint density at radius 1 is 0.969 bits per heavy atom. The van der Waals surface area contributed by atoms with Crippen LogP contribution in [0.2, 0.25) is 0 Å².